The molecule has 5 fully saturated rings. The lowest BCUT2D eigenvalue weighted by atomic mass is 9.46. The molecule has 6 nitrogen and oxygen atoms in total. The second-order valence-corrected chi connectivity index (χ2v) is 8.65. The highest BCUT2D eigenvalue weighted by Gasteiger charge is 2.62. The molecule has 5 aliphatic rings. The molecule has 0 radical (unpaired) electrons. The Balaban J connectivity index is 1.45. The summed E-state index contributed by atoms with van der Waals surface area (Å²) in [5.74, 6) is 1.62. The zero-order valence-corrected chi connectivity index (χ0v) is 13.6. The van der Waals surface area contributed by atoms with Gasteiger partial charge in [-0.3, -0.25) is 4.79 Å². The van der Waals surface area contributed by atoms with Gasteiger partial charge in [0.15, 0.2) is 6.33 Å². The topological polar surface area (TPSA) is 72.7 Å². The standard InChI is InChI=1S/C17H25N5O/c23-15(20-14-3-1-2-4-14)16-6-12-5-13(7-16)9-17(8-12,10-16)22-19-11-18-21-22/h11-14H,1-10H2,(H,20,23)/t12-,13+,16?,17?. The van der Waals surface area contributed by atoms with Crippen molar-refractivity contribution in [1.29, 1.82) is 0 Å². The molecule has 2 unspecified atom stereocenters. The van der Waals surface area contributed by atoms with Gasteiger partial charge in [-0.2, -0.15) is 4.80 Å². The molecule has 6 heteroatoms. The number of hydrogen-bond donors (Lipinski definition) is 1. The normalized spacial score (nSPS) is 42.3. The molecule has 4 atom stereocenters. The van der Waals surface area contributed by atoms with Crippen LogP contribution in [0, 0.1) is 17.3 Å². The van der Waals surface area contributed by atoms with Gasteiger partial charge in [0.1, 0.15) is 0 Å². The van der Waals surface area contributed by atoms with Gasteiger partial charge in [0.05, 0.1) is 11.0 Å². The molecular weight excluding hydrogens is 290 g/mol. The first-order valence-electron chi connectivity index (χ1n) is 9.22. The smallest absolute Gasteiger partial charge is 0.226 e. The Morgan fingerprint density at radius 1 is 1.13 bits per heavy atom. The summed E-state index contributed by atoms with van der Waals surface area (Å²) in [6, 6.07) is 0.413. The van der Waals surface area contributed by atoms with Crippen LogP contribution in [0.25, 0.3) is 0 Å². The Morgan fingerprint density at radius 3 is 2.52 bits per heavy atom. The van der Waals surface area contributed by atoms with Crippen molar-refractivity contribution in [3.05, 3.63) is 6.33 Å². The number of aromatic nitrogens is 4. The number of nitrogens with one attached hydrogen (secondary N) is 1. The monoisotopic (exact) mass is 315 g/mol. The van der Waals surface area contributed by atoms with Crippen LogP contribution < -0.4 is 5.32 Å². The first-order chi connectivity index (χ1) is 11.2. The summed E-state index contributed by atoms with van der Waals surface area (Å²) in [7, 11) is 0. The van der Waals surface area contributed by atoms with E-state index >= 15 is 0 Å². The van der Waals surface area contributed by atoms with E-state index in [1.807, 2.05) is 4.80 Å². The molecule has 6 rings (SSSR count). The Hall–Kier alpha value is -1.46. The first-order valence-corrected chi connectivity index (χ1v) is 9.22. The Labute approximate surface area is 136 Å². The molecule has 0 saturated heterocycles. The van der Waals surface area contributed by atoms with Crippen molar-refractivity contribution in [2.75, 3.05) is 0 Å². The van der Waals surface area contributed by atoms with Gasteiger partial charge in [0.2, 0.25) is 5.91 Å². The van der Waals surface area contributed by atoms with Crippen molar-refractivity contribution in [1.82, 2.24) is 25.5 Å². The van der Waals surface area contributed by atoms with Gasteiger partial charge in [-0.05, 0) is 68.4 Å². The predicted octanol–water partition coefficient (Wildman–Crippen LogP) is 2.03. The number of tetrazole rings is 1. The fraction of sp³-hybridized carbons (Fsp3) is 0.882. The highest BCUT2D eigenvalue weighted by Crippen LogP contribution is 2.64. The van der Waals surface area contributed by atoms with Crippen molar-refractivity contribution in [3.63, 3.8) is 0 Å². The van der Waals surface area contributed by atoms with Crippen LogP contribution in [-0.2, 0) is 10.3 Å². The zero-order chi connectivity index (χ0) is 15.5. The molecule has 1 heterocycles. The summed E-state index contributed by atoms with van der Waals surface area (Å²) in [4.78, 5) is 15.0. The molecule has 5 aliphatic carbocycles. The third-order valence-electron chi connectivity index (χ3n) is 6.98. The third kappa shape index (κ3) is 2.06. The second kappa shape index (κ2) is 4.77. The van der Waals surface area contributed by atoms with Gasteiger partial charge in [-0.15, -0.1) is 10.2 Å². The van der Waals surface area contributed by atoms with Gasteiger partial charge in [-0.1, -0.05) is 12.8 Å². The first kappa shape index (κ1) is 13.9. The van der Waals surface area contributed by atoms with Crippen LogP contribution in [0.1, 0.15) is 64.2 Å². The number of carbonyl (C=O) groups is 1. The predicted molar refractivity (Wildman–Crippen MR) is 83.3 cm³/mol. The summed E-state index contributed by atoms with van der Waals surface area (Å²) in [6.07, 6.45) is 12.9. The SMILES string of the molecule is O=C(NC1CCCC1)C12C[C@H]3C[C@@H](C1)CC(n1ncnn1)(C3)C2. The van der Waals surface area contributed by atoms with Crippen LogP contribution in [0.15, 0.2) is 6.33 Å². The fourth-order valence-corrected chi connectivity index (χ4v) is 6.51. The average Bonchev–Trinajstić information content (AvgIpc) is 3.19. The maximum absolute atomic E-state index is 13.2. The van der Waals surface area contributed by atoms with Gasteiger partial charge in [0, 0.05) is 6.04 Å². The number of hydrogen-bond acceptors (Lipinski definition) is 4. The van der Waals surface area contributed by atoms with Crippen molar-refractivity contribution in [2.45, 2.75) is 75.8 Å². The van der Waals surface area contributed by atoms with E-state index in [1.165, 1.54) is 25.6 Å². The number of nitrogens with zero attached hydrogens (tertiary/aromatic N) is 4. The lowest BCUT2D eigenvalue weighted by Gasteiger charge is -2.60. The maximum atomic E-state index is 13.2. The van der Waals surface area contributed by atoms with Crippen LogP contribution in [-0.4, -0.2) is 32.2 Å². The highest BCUT2D eigenvalue weighted by molar-refractivity contribution is 5.83. The molecule has 23 heavy (non-hydrogen) atoms. The molecular formula is C17H25N5O. The molecule has 1 N–H and O–H groups in total. The number of rotatable bonds is 3. The summed E-state index contributed by atoms with van der Waals surface area (Å²) in [5.41, 5.74) is -0.242. The minimum absolute atomic E-state index is 0.0619. The Kier molecular flexibility index (Phi) is 2.89. The van der Waals surface area contributed by atoms with Gasteiger partial charge in [0.25, 0.3) is 0 Å². The molecule has 4 bridgehead atoms. The van der Waals surface area contributed by atoms with Crippen molar-refractivity contribution >= 4 is 5.91 Å². The van der Waals surface area contributed by atoms with Crippen molar-refractivity contribution in [3.8, 4) is 0 Å². The zero-order valence-electron chi connectivity index (χ0n) is 13.6. The molecule has 1 amide bonds. The van der Waals surface area contributed by atoms with Gasteiger partial charge < -0.3 is 5.32 Å². The fourth-order valence-electron chi connectivity index (χ4n) is 6.51. The van der Waals surface area contributed by atoms with Crippen LogP contribution in [0.2, 0.25) is 0 Å². The molecule has 5 saturated carbocycles. The summed E-state index contributed by atoms with van der Waals surface area (Å²) in [5, 5.41) is 15.9. The second-order valence-electron chi connectivity index (χ2n) is 8.65. The van der Waals surface area contributed by atoms with Crippen molar-refractivity contribution < 1.29 is 4.79 Å². The minimum Gasteiger partial charge on any atom is -0.353 e. The molecule has 1 aromatic rings. The molecule has 124 valence electrons. The maximum Gasteiger partial charge on any atom is 0.226 e. The van der Waals surface area contributed by atoms with Crippen LogP contribution in [0.4, 0.5) is 0 Å². The van der Waals surface area contributed by atoms with E-state index in [1.54, 1.807) is 0 Å². The quantitative estimate of drug-likeness (QED) is 0.926. The third-order valence-corrected chi connectivity index (χ3v) is 6.98. The van der Waals surface area contributed by atoms with E-state index in [4.69, 9.17) is 0 Å². The highest BCUT2D eigenvalue weighted by atomic mass is 16.2. The Bertz CT molecular complexity index is 593. The van der Waals surface area contributed by atoms with Crippen molar-refractivity contribution in [2.24, 2.45) is 17.3 Å². The van der Waals surface area contributed by atoms with E-state index < -0.39 is 0 Å². The van der Waals surface area contributed by atoms with Crippen LogP contribution in [0.5, 0.6) is 0 Å². The van der Waals surface area contributed by atoms with E-state index in [-0.39, 0.29) is 11.0 Å². The van der Waals surface area contributed by atoms with E-state index in [9.17, 15) is 4.79 Å². The summed E-state index contributed by atoms with van der Waals surface area (Å²) < 4.78 is 0. The summed E-state index contributed by atoms with van der Waals surface area (Å²) in [6.45, 7) is 0. The average molecular weight is 315 g/mol. The van der Waals surface area contributed by atoms with Crippen LogP contribution >= 0.6 is 0 Å². The largest absolute Gasteiger partial charge is 0.353 e. The number of carbonyl (C=O) groups excluding carboxylic acids is 1. The molecule has 1 aromatic heterocycles. The lowest BCUT2D eigenvalue weighted by molar-refractivity contribution is -0.158. The Morgan fingerprint density at radius 2 is 1.87 bits per heavy atom. The summed E-state index contributed by atoms with van der Waals surface area (Å²) >= 11 is 0. The van der Waals surface area contributed by atoms with Gasteiger partial charge in [-0.25, -0.2) is 0 Å². The lowest BCUT2D eigenvalue weighted by Crippen LogP contribution is -2.62. The minimum atomic E-state index is -0.180. The number of amides is 1. The van der Waals surface area contributed by atoms with E-state index in [0.29, 0.717) is 23.8 Å². The molecule has 0 spiro atoms. The molecule has 0 aliphatic heterocycles. The van der Waals surface area contributed by atoms with Gasteiger partial charge >= 0.3 is 0 Å². The van der Waals surface area contributed by atoms with Crippen LogP contribution in [0.3, 0.4) is 0 Å². The van der Waals surface area contributed by atoms with E-state index in [0.717, 1.165) is 44.9 Å². The molecule has 0 aromatic carbocycles. The van der Waals surface area contributed by atoms with E-state index in [2.05, 4.69) is 20.7 Å².